The molecule has 7 nitrogen and oxygen atoms in total. The number of hydrogen-bond donors (Lipinski definition) is 0. The Morgan fingerprint density at radius 2 is 2.19 bits per heavy atom. The number of likely N-dealkylation sites (tertiary alicyclic amines) is 1. The van der Waals surface area contributed by atoms with Crippen LogP contribution in [0.4, 0.5) is 0 Å². The fourth-order valence-corrected chi connectivity index (χ4v) is 4.03. The molecule has 7 heteroatoms. The minimum Gasteiger partial charge on any atom is -0.378 e. The number of nitrogens with zero attached hydrogens (tertiary/aromatic N) is 4. The van der Waals surface area contributed by atoms with E-state index in [9.17, 15) is 4.79 Å². The van der Waals surface area contributed by atoms with Crippen molar-refractivity contribution < 1.29 is 14.3 Å². The van der Waals surface area contributed by atoms with Crippen LogP contribution in [0.1, 0.15) is 36.0 Å². The average molecular weight is 356 g/mol. The summed E-state index contributed by atoms with van der Waals surface area (Å²) < 4.78 is 13.6. The Kier molecular flexibility index (Phi) is 4.74. The Labute approximate surface area is 152 Å². The fraction of sp³-hybridized carbons (Fsp3) is 0.526. The highest BCUT2D eigenvalue weighted by Crippen LogP contribution is 2.37. The Morgan fingerprint density at radius 3 is 2.85 bits per heavy atom. The first-order valence-electron chi connectivity index (χ1n) is 9.12. The van der Waals surface area contributed by atoms with E-state index in [2.05, 4.69) is 9.97 Å². The molecule has 2 aliphatic rings. The summed E-state index contributed by atoms with van der Waals surface area (Å²) in [5.74, 6) is 0.768. The van der Waals surface area contributed by atoms with Gasteiger partial charge < -0.3 is 14.4 Å². The van der Waals surface area contributed by atoms with Crippen molar-refractivity contribution >= 4 is 5.91 Å². The molecular weight excluding hydrogens is 332 g/mol. The van der Waals surface area contributed by atoms with Crippen LogP contribution in [0.15, 0.2) is 37.1 Å². The van der Waals surface area contributed by atoms with Crippen LogP contribution in [0.25, 0.3) is 5.82 Å². The van der Waals surface area contributed by atoms with Gasteiger partial charge in [0.1, 0.15) is 12.1 Å². The quantitative estimate of drug-likeness (QED) is 0.842. The van der Waals surface area contributed by atoms with Crippen molar-refractivity contribution in [1.29, 1.82) is 0 Å². The number of methoxy groups -OCH3 is 1. The van der Waals surface area contributed by atoms with Crippen LogP contribution in [0.2, 0.25) is 0 Å². The van der Waals surface area contributed by atoms with Gasteiger partial charge in [-0.05, 0) is 37.8 Å². The summed E-state index contributed by atoms with van der Waals surface area (Å²) in [7, 11) is 1.76. The number of amides is 1. The summed E-state index contributed by atoms with van der Waals surface area (Å²) in [6.07, 6.45) is 10.7. The smallest absolute Gasteiger partial charge is 0.255 e. The second-order valence-corrected chi connectivity index (χ2v) is 6.95. The number of carbonyl (C=O) groups excluding carboxylic acids is 1. The predicted octanol–water partition coefficient (Wildman–Crippen LogP) is 2.07. The minimum absolute atomic E-state index is 0.0225. The van der Waals surface area contributed by atoms with Crippen LogP contribution >= 0.6 is 0 Å². The first kappa shape index (κ1) is 17.2. The third-order valence-electron chi connectivity index (χ3n) is 5.53. The molecule has 4 heterocycles. The molecule has 2 aromatic heterocycles. The monoisotopic (exact) mass is 356 g/mol. The highest BCUT2D eigenvalue weighted by Gasteiger charge is 2.45. The van der Waals surface area contributed by atoms with Gasteiger partial charge in [0, 0.05) is 45.4 Å². The topological polar surface area (TPSA) is 69.5 Å². The number of hydrogen-bond acceptors (Lipinski definition) is 5. The summed E-state index contributed by atoms with van der Waals surface area (Å²) in [4.78, 5) is 23.1. The molecule has 1 amide bonds. The van der Waals surface area contributed by atoms with Crippen molar-refractivity contribution in [3.63, 3.8) is 0 Å². The lowest BCUT2D eigenvalue weighted by molar-refractivity contribution is -0.183. The van der Waals surface area contributed by atoms with Crippen LogP contribution in [0, 0.1) is 0 Å². The Bertz CT molecular complexity index is 737. The summed E-state index contributed by atoms with van der Waals surface area (Å²) in [5.41, 5.74) is 0.380. The van der Waals surface area contributed by atoms with Crippen molar-refractivity contribution in [2.45, 2.75) is 37.4 Å². The van der Waals surface area contributed by atoms with E-state index in [4.69, 9.17) is 9.47 Å². The second-order valence-electron chi connectivity index (χ2n) is 6.95. The summed E-state index contributed by atoms with van der Waals surface area (Å²) in [6, 6.07) is 3.66. The lowest BCUT2D eigenvalue weighted by Gasteiger charge is -2.48. The van der Waals surface area contributed by atoms with Gasteiger partial charge >= 0.3 is 0 Å². The largest absolute Gasteiger partial charge is 0.378 e. The number of carbonyl (C=O) groups is 1. The number of ether oxygens (including phenoxy) is 2. The molecule has 0 saturated carbocycles. The molecule has 1 spiro atoms. The zero-order chi connectivity index (χ0) is 18.0. The van der Waals surface area contributed by atoms with Gasteiger partial charge in [-0.15, -0.1) is 0 Å². The van der Waals surface area contributed by atoms with Crippen molar-refractivity contribution in [3.8, 4) is 5.82 Å². The molecule has 138 valence electrons. The number of imidazole rings is 1. The average Bonchev–Trinajstić information content (AvgIpc) is 3.23. The van der Waals surface area contributed by atoms with E-state index in [1.54, 1.807) is 25.8 Å². The summed E-state index contributed by atoms with van der Waals surface area (Å²) in [6.45, 7) is 2.15. The summed E-state index contributed by atoms with van der Waals surface area (Å²) in [5, 5.41) is 0. The van der Waals surface area contributed by atoms with Crippen LogP contribution in [-0.2, 0) is 9.47 Å². The third kappa shape index (κ3) is 3.12. The van der Waals surface area contributed by atoms with E-state index < -0.39 is 0 Å². The van der Waals surface area contributed by atoms with Gasteiger partial charge in [0.05, 0.1) is 17.3 Å². The molecule has 2 saturated heterocycles. The second kappa shape index (κ2) is 7.17. The molecule has 2 aliphatic heterocycles. The van der Waals surface area contributed by atoms with Crippen molar-refractivity contribution in [2.75, 3.05) is 26.8 Å². The molecule has 2 aromatic rings. The van der Waals surface area contributed by atoms with Gasteiger partial charge in [0.25, 0.3) is 5.91 Å². The van der Waals surface area contributed by atoms with Crippen molar-refractivity contribution in [3.05, 3.63) is 42.6 Å². The van der Waals surface area contributed by atoms with E-state index in [0.29, 0.717) is 18.7 Å². The van der Waals surface area contributed by atoms with Crippen LogP contribution in [0.3, 0.4) is 0 Å². The van der Waals surface area contributed by atoms with E-state index in [0.717, 1.165) is 38.1 Å². The molecule has 0 bridgehead atoms. The van der Waals surface area contributed by atoms with Gasteiger partial charge in [-0.2, -0.15) is 0 Å². The van der Waals surface area contributed by atoms with Gasteiger partial charge in [-0.3, -0.25) is 9.36 Å². The van der Waals surface area contributed by atoms with Crippen LogP contribution in [0.5, 0.6) is 0 Å². The molecule has 0 unspecified atom stereocenters. The maximum atomic E-state index is 12.8. The van der Waals surface area contributed by atoms with Crippen LogP contribution < -0.4 is 0 Å². The third-order valence-corrected chi connectivity index (χ3v) is 5.53. The Balaban J connectivity index is 1.42. The Hall–Kier alpha value is -2.25. The number of piperidine rings is 1. The molecule has 0 aromatic carbocycles. The first-order valence-corrected chi connectivity index (χ1v) is 9.12. The Morgan fingerprint density at radius 1 is 1.35 bits per heavy atom. The zero-order valence-corrected chi connectivity index (χ0v) is 15.0. The highest BCUT2D eigenvalue weighted by atomic mass is 16.5. The lowest BCUT2D eigenvalue weighted by Crippen LogP contribution is -2.56. The van der Waals surface area contributed by atoms with Crippen LogP contribution in [-0.4, -0.2) is 63.9 Å². The lowest BCUT2D eigenvalue weighted by atomic mass is 9.81. The molecule has 0 radical (unpaired) electrons. The molecule has 4 rings (SSSR count). The number of aromatic nitrogens is 3. The standard InChI is InChI=1S/C19H24N4O3/c1-25-16-3-2-12-26-19(16)6-9-22(10-7-19)18(24)15-4-5-17(21-13-15)23-11-8-20-14-23/h4-5,8,11,13-14,16H,2-3,6-7,9-10,12H2,1H3/t16-/m0/s1. The van der Waals surface area contributed by atoms with Gasteiger partial charge in [-0.25, -0.2) is 9.97 Å². The molecule has 26 heavy (non-hydrogen) atoms. The van der Waals surface area contributed by atoms with E-state index in [1.807, 2.05) is 27.8 Å². The van der Waals surface area contributed by atoms with Crippen molar-refractivity contribution in [2.24, 2.45) is 0 Å². The molecular formula is C19H24N4O3. The molecule has 1 atom stereocenters. The maximum Gasteiger partial charge on any atom is 0.255 e. The van der Waals surface area contributed by atoms with Crippen molar-refractivity contribution in [1.82, 2.24) is 19.4 Å². The highest BCUT2D eigenvalue weighted by molar-refractivity contribution is 5.94. The number of rotatable bonds is 3. The zero-order valence-electron chi connectivity index (χ0n) is 15.0. The van der Waals surface area contributed by atoms with Gasteiger partial charge in [-0.1, -0.05) is 0 Å². The minimum atomic E-state index is -0.229. The molecule has 0 aliphatic carbocycles. The normalized spacial score (nSPS) is 22.5. The molecule has 0 N–H and O–H groups in total. The van der Waals surface area contributed by atoms with Gasteiger partial charge in [0.2, 0.25) is 0 Å². The van der Waals surface area contributed by atoms with E-state index >= 15 is 0 Å². The van der Waals surface area contributed by atoms with E-state index in [1.165, 1.54) is 0 Å². The maximum absolute atomic E-state index is 12.8. The predicted molar refractivity (Wildman–Crippen MR) is 95.2 cm³/mol. The first-order chi connectivity index (χ1) is 12.7. The van der Waals surface area contributed by atoms with E-state index in [-0.39, 0.29) is 17.6 Å². The fourth-order valence-electron chi connectivity index (χ4n) is 4.03. The number of pyridine rings is 1. The molecule has 2 fully saturated rings. The van der Waals surface area contributed by atoms with Gasteiger partial charge in [0.15, 0.2) is 0 Å². The summed E-state index contributed by atoms with van der Waals surface area (Å²) >= 11 is 0. The SMILES string of the molecule is CO[C@H]1CCCOC12CCN(C(=O)c1ccc(-n3ccnc3)nc1)CC2.